The van der Waals surface area contributed by atoms with Gasteiger partial charge in [0.25, 0.3) is 0 Å². The molecule has 418 valence electrons. The highest BCUT2D eigenvalue weighted by Crippen LogP contribution is 2.15. The van der Waals surface area contributed by atoms with E-state index < -0.39 is 6.10 Å². The summed E-state index contributed by atoms with van der Waals surface area (Å²) in [7, 11) is 0. The van der Waals surface area contributed by atoms with E-state index in [4.69, 9.17) is 14.2 Å². The Kier molecular flexibility index (Phi) is 57.8. The first kappa shape index (κ1) is 69.3. The van der Waals surface area contributed by atoms with Crippen LogP contribution in [0.1, 0.15) is 290 Å². The first-order valence-corrected chi connectivity index (χ1v) is 30.7. The van der Waals surface area contributed by atoms with Gasteiger partial charge in [-0.05, 0) is 122 Å². The smallest absolute Gasteiger partial charge is 0.306 e. The second-order valence-electron chi connectivity index (χ2n) is 20.2. The van der Waals surface area contributed by atoms with Crippen molar-refractivity contribution >= 4 is 17.9 Å². The fraction of sp³-hybridized carbons (Fsp3) is 0.716. The van der Waals surface area contributed by atoms with Crippen LogP contribution < -0.4 is 0 Å². The molecule has 0 bridgehead atoms. The minimum absolute atomic E-state index is 0.0883. The van der Waals surface area contributed by atoms with E-state index in [1.54, 1.807) is 0 Å². The Morgan fingerprint density at radius 3 is 0.877 bits per heavy atom. The SMILES string of the molecule is CC/C=C\C/C=C\C/C=C\C/C=C\C/C=C\CCCCCCCCCC(=O)OCC(COC(=O)CCCCCCC/C=C\CCCCCCCC)OC(=O)CCCCCCCCC/C=C\C/C=C\CCCCC. The third kappa shape index (κ3) is 59.1. The van der Waals surface area contributed by atoms with Crippen LogP contribution in [-0.2, 0) is 28.6 Å². The predicted octanol–water partition coefficient (Wildman–Crippen LogP) is 20.9. The summed E-state index contributed by atoms with van der Waals surface area (Å²) in [5, 5.41) is 0. The lowest BCUT2D eigenvalue weighted by molar-refractivity contribution is -0.167. The number of hydrogen-bond acceptors (Lipinski definition) is 6. The quantitative estimate of drug-likeness (QED) is 0.0261. The summed E-state index contributed by atoms with van der Waals surface area (Å²) < 4.78 is 16.9. The maximum Gasteiger partial charge on any atom is 0.306 e. The molecule has 0 aromatic carbocycles. The standard InChI is InChI=1S/C67H114O6/c1-4-7-10-13-16-19-22-25-28-30-31-32-33-34-35-37-39-42-45-48-51-54-57-60-66(69)72-63-64(62-71-65(68)59-56-53-50-47-44-41-38-27-24-21-18-15-12-9-6-3)73-67(70)61-58-55-52-49-46-43-40-36-29-26-23-20-17-14-11-8-5-2/h7,10,16-17,19-20,25-29,31-32,34-35,38,64H,4-6,8-9,11-15,18,21-24,30,33,36-37,39-63H2,1-3H3/b10-7-,19-16-,20-17-,28-25-,29-26-,32-31-,35-34-,38-27-. The molecule has 0 spiro atoms. The maximum atomic E-state index is 12.9. The van der Waals surface area contributed by atoms with E-state index in [1.807, 2.05) is 0 Å². The van der Waals surface area contributed by atoms with Gasteiger partial charge in [-0.25, -0.2) is 0 Å². The molecule has 0 saturated heterocycles. The van der Waals surface area contributed by atoms with Gasteiger partial charge in [0.1, 0.15) is 13.2 Å². The number of unbranched alkanes of at least 4 members (excludes halogenated alkanes) is 28. The van der Waals surface area contributed by atoms with Gasteiger partial charge in [-0.2, -0.15) is 0 Å². The summed E-state index contributed by atoms with van der Waals surface area (Å²) in [5.41, 5.74) is 0. The summed E-state index contributed by atoms with van der Waals surface area (Å²) in [4.78, 5) is 38.3. The molecule has 6 nitrogen and oxygen atoms in total. The Hall–Kier alpha value is -3.67. The van der Waals surface area contributed by atoms with Gasteiger partial charge in [-0.15, -0.1) is 0 Å². The Morgan fingerprint density at radius 1 is 0.288 bits per heavy atom. The van der Waals surface area contributed by atoms with E-state index in [0.717, 1.165) is 116 Å². The average molecular weight is 1020 g/mol. The van der Waals surface area contributed by atoms with Crippen molar-refractivity contribution < 1.29 is 28.6 Å². The number of esters is 3. The molecule has 0 aliphatic carbocycles. The molecule has 0 fully saturated rings. The summed E-state index contributed by atoms with van der Waals surface area (Å²) in [5.74, 6) is -0.908. The molecule has 0 aliphatic heterocycles. The summed E-state index contributed by atoms with van der Waals surface area (Å²) >= 11 is 0. The van der Waals surface area contributed by atoms with Crippen LogP contribution in [0.4, 0.5) is 0 Å². The molecule has 0 N–H and O–H groups in total. The lowest BCUT2D eigenvalue weighted by Gasteiger charge is -2.18. The molecule has 0 aliphatic rings. The van der Waals surface area contributed by atoms with Crippen molar-refractivity contribution in [3.8, 4) is 0 Å². The van der Waals surface area contributed by atoms with Crippen molar-refractivity contribution in [3.63, 3.8) is 0 Å². The molecule has 6 heteroatoms. The zero-order valence-corrected chi connectivity index (χ0v) is 47.9. The molecule has 73 heavy (non-hydrogen) atoms. The van der Waals surface area contributed by atoms with Gasteiger partial charge in [0.15, 0.2) is 6.10 Å². The molecule has 0 heterocycles. The Balaban J connectivity index is 4.41. The second-order valence-corrected chi connectivity index (χ2v) is 20.2. The highest BCUT2D eigenvalue weighted by atomic mass is 16.6. The third-order valence-electron chi connectivity index (χ3n) is 13.0. The van der Waals surface area contributed by atoms with E-state index >= 15 is 0 Å². The van der Waals surface area contributed by atoms with Crippen molar-refractivity contribution in [1.82, 2.24) is 0 Å². The number of carbonyl (C=O) groups excluding carboxylic acids is 3. The first-order chi connectivity index (χ1) is 36.0. The topological polar surface area (TPSA) is 78.9 Å². The van der Waals surface area contributed by atoms with Crippen LogP contribution in [0.15, 0.2) is 97.2 Å². The van der Waals surface area contributed by atoms with Gasteiger partial charge in [-0.1, -0.05) is 246 Å². The fourth-order valence-electron chi connectivity index (χ4n) is 8.44. The first-order valence-electron chi connectivity index (χ1n) is 30.7. The van der Waals surface area contributed by atoms with Crippen LogP contribution in [0.3, 0.4) is 0 Å². The van der Waals surface area contributed by atoms with Crippen molar-refractivity contribution in [3.05, 3.63) is 97.2 Å². The van der Waals surface area contributed by atoms with Crippen LogP contribution in [0.5, 0.6) is 0 Å². The maximum absolute atomic E-state index is 12.9. The Morgan fingerprint density at radius 2 is 0.534 bits per heavy atom. The second kappa shape index (κ2) is 60.9. The minimum atomic E-state index is -0.792. The number of hydrogen-bond donors (Lipinski definition) is 0. The third-order valence-corrected chi connectivity index (χ3v) is 13.0. The largest absolute Gasteiger partial charge is 0.462 e. The van der Waals surface area contributed by atoms with E-state index in [-0.39, 0.29) is 31.1 Å². The van der Waals surface area contributed by atoms with Crippen LogP contribution in [0.25, 0.3) is 0 Å². The van der Waals surface area contributed by atoms with E-state index in [2.05, 4.69) is 118 Å². The monoisotopic (exact) mass is 1010 g/mol. The van der Waals surface area contributed by atoms with Gasteiger partial charge >= 0.3 is 17.9 Å². The molecule has 0 rings (SSSR count). The molecule has 0 aromatic rings. The molecule has 0 aromatic heterocycles. The van der Waals surface area contributed by atoms with Crippen LogP contribution >= 0.6 is 0 Å². The van der Waals surface area contributed by atoms with Gasteiger partial charge < -0.3 is 14.2 Å². The number of carbonyl (C=O) groups is 3. The molecule has 1 atom stereocenters. The number of ether oxygens (including phenoxy) is 3. The number of allylic oxidation sites excluding steroid dienone is 16. The highest BCUT2D eigenvalue weighted by molar-refractivity contribution is 5.71. The van der Waals surface area contributed by atoms with E-state index in [9.17, 15) is 14.4 Å². The molecule has 0 radical (unpaired) electrons. The van der Waals surface area contributed by atoms with Crippen LogP contribution in [-0.4, -0.2) is 37.2 Å². The van der Waals surface area contributed by atoms with Gasteiger partial charge in [0.05, 0.1) is 0 Å². The minimum Gasteiger partial charge on any atom is -0.462 e. The van der Waals surface area contributed by atoms with Crippen molar-refractivity contribution in [2.75, 3.05) is 13.2 Å². The highest BCUT2D eigenvalue weighted by Gasteiger charge is 2.19. The number of rotatable bonds is 55. The summed E-state index contributed by atoms with van der Waals surface area (Å²) in [6.45, 7) is 6.49. The normalized spacial score (nSPS) is 12.8. The van der Waals surface area contributed by atoms with Gasteiger partial charge in [0, 0.05) is 19.3 Å². The van der Waals surface area contributed by atoms with Crippen LogP contribution in [0.2, 0.25) is 0 Å². The molecule has 0 saturated carbocycles. The predicted molar refractivity (Wildman–Crippen MR) is 316 cm³/mol. The summed E-state index contributed by atoms with van der Waals surface area (Å²) in [6, 6.07) is 0. The van der Waals surface area contributed by atoms with E-state index in [0.29, 0.717) is 19.3 Å². The van der Waals surface area contributed by atoms with Crippen LogP contribution in [0, 0.1) is 0 Å². The lowest BCUT2D eigenvalue weighted by Crippen LogP contribution is -2.30. The van der Waals surface area contributed by atoms with Crippen molar-refractivity contribution in [2.24, 2.45) is 0 Å². The van der Waals surface area contributed by atoms with Crippen molar-refractivity contribution in [1.29, 1.82) is 0 Å². The zero-order valence-electron chi connectivity index (χ0n) is 47.9. The molecule has 1 unspecified atom stereocenters. The molecular formula is C67H114O6. The fourth-order valence-corrected chi connectivity index (χ4v) is 8.44. The Labute approximate surface area is 451 Å². The molecular weight excluding hydrogens is 901 g/mol. The lowest BCUT2D eigenvalue weighted by atomic mass is 10.1. The van der Waals surface area contributed by atoms with E-state index in [1.165, 1.54) is 135 Å². The van der Waals surface area contributed by atoms with Gasteiger partial charge in [0.2, 0.25) is 0 Å². The summed E-state index contributed by atoms with van der Waals surface area (Å²) in [6.07, 6.45) is 81.1. The molecule has 0 amide bonds. The Bertz CT molecular complexity index is 1440. The zero-order chi connectivity index (χ0) is 52.9. The van der Waals surface area contributed by atoms with Crippen molar-refractivity contribution in [2.45, 2.75) is 297 Å². The average Bonchev–Trinajstić information content (AvgIpc) is 3.39. The van der Waals surface area contributed by atoms with Gasteiger partial charge in [-0.3, -0.25) is 14.4 Å².